The number of aliphatic hydroxyl groups excluding tert-OH is 23. The fraction of sp³-hybridized carbons (Fsp3) is 0.922. The van der Waals surface area contributed by atoms with Crippen LogP contribution in [0.25, 0.3) is 0 Å². The molecule has 0 saturated carbocycles. The molecule has 1 unspecified atom stereocenters. The molecule has 9 rings (SSSR count). The van der Waals surface area contributed by atoms with E-state index in [2.05, 4.69) is 30.8 Å². The minimum atomic E-state index is -5.44. The number of hydrogen-bond donors (Lipinski definition) is 29. The molecular weight excluding hydrogens is 1650 g/mol. The largest absolute Gasteiger partial charge is 0.397 e. The van der Waals surface area contributed by atoms with E-state index in [0.717, 1.165) is 34.6 Å². The highest BCUT2D eigenvalue weighted by Crippen LogP contribution is 2.40. The summed E-state index contributed by atoms with van der Waals surface area (Å²) in [6, 6.07) is -9.55. The first-order chi connectivity index (χ1) is 56.1. The Morgan fingerprint density at radius 1 is 0.261 bits per heavy atom. The summed E-state index contributed by atoms with van der Waals surface area (Å²) >= 11 is 0. The molecule has 0 aromatic heterocycles. The van der Waals surface area contributed by atoms with Crippen molar-refractivity contribution in [3.63, 3.8) is 0 Å². The predicted molar refractivity (Wildman–Crippen MR) is 365 cm³/mol. The van der Waals surface area contributed by atoms with Gasteiger partial charge in [-0.25, -0.2) is 4.18 Å². The van der Waals surface area contributed by atoms with Crippen LogP contribution in [0.3, 0.4) is 0 Å². The zero-order valence-electron chi connectivity index (χ0n) is 63.7. The molecule has 0 aromatic rings. The van der Waals surface area contributed by atoms with Crippen molar-refractivity contribution in [2.24, 2.45) is 0 Å². The van der Waals surface area contributed by atoms with Crippen molar-refractivity contribution in [1.82, 2.24) is 26.6 Å². The maximum atomic E-state index is 13.1. The zero-order valence-corrected chi connectivity index (χ0v) is 64.5. The highest BCUT2D eigenvalue weighted by atomic mass is 32.3. The van der Waals surface area contributed by atoms with Crippen LogP contribution >= 0.6 is 0 Å². The van der Waals surface area contributed by atoms with Crippen molar-refractivity contribution in [1.29, 1.82) is 0 Å². The molecule has 54 nitrogen and oxygen atoms in total. The van der Waals surface area contributed by atoms with Crippen LogP contribution in [0.2, 0.25) is 0 Å². The third kappa shape index (κ3) is 22.7. The molecule has 9 fully saturated rings. The lowest BCUT2D eigenvalue weighted by molar-refractivity contribution is -0.398. The summed E-state index contributed by atoms with van der Waals surface area (Å²) in [7, 11) is -5.44. The van der Waals surface area contributed by atoms with E-state index in [9.17, 15) is 154 Å². The lowest BCUT2D eigenvalue weighted by Crippen LogP contribution is -2.71. The van der Waals surface area contributed by atoms with Crippen LogP contribution in [-0.2, 0) is 119 Å². The Morgan fingerprint density at radius 3 is 0.882 bits per heavy atom. The van der Waals surface area contributed by atoms with Gasteiger partial charge in [0.25, 0.3) is 0 Å². The van der Waals surface area contributed by atoms with Crippen LogP contribution in [0.1, 0.15) is 34.6 Å². The van der Waals surface area contributed by atoms with Gasteiger partial charge in [0, 0.05) is 34.6 Å². The highest BCUT2D eigenvalue weighted by Gasteiger charge is 2.62. The van der Waals surface area contributed by atoms with Crippen molar-refractivity contribution < 1.29 is 239 Å². The number of amides is 5. The van der Waals surface area contributed by atoms with Gasteiger partial charge in [0.1, 0.15) is 219 Å². The molecule has 0 spiro atoms. The second-order valence-electron chi connectivity index (χ2n) is 29.4. The zero-order chi connectivity index (χ0) is 88.0. The number of nitrogens with one attached hydrogen (secondary N) is 5. The molecule has 0 radical (unpaired) electrons. The van der Waals surface area contributed by atoms with Crippen LogP contribution in [0.5, 0.6) is 0 Å². The molecule has 45 atom stereocenters. The van der Waals surface area contributed by atoms with Crippen LogP contribution in [0, 0.1) is 0 Å². The number of rotatable bonds is 32. The average molecular weight is 1760 g/mol. The monoisotopic (exact) mass is 1760 g/mol. The third-order valence-corrected chi connectivity index (χ3v) is 21.4. The summed E-state index contributed by atoms with van der Waals surface area (Å²) in [5.74, 6) is -4.70. The second-order valence-corrected chi connectivity index (χ2v) is 30.4. The summed E-state index contributed by atoms with van der Waals surface area (Å²) in [5, 5.41) is 270. The molecule has 29 N–H and O–H groups in total. The molecule has 0 aliphatic carbocycles. The summed E-state index contributed by atoms with van der Waals surface area (Å²) in [5.41, 5.74) is 0. The van der Waals surface area contributed by atoms with Gasteiger partial charge >= 0.3 is 10.4 Å². The van der Waals surface area contributed by atoms with E-state index in [4.69, 9.17) is 80.5 Å². The molecule has 119 heavy (non-hydrogen) atoms. The third-order valence-electron chi connectivity index (χ3n) is 21.0. The fourth-order valence-corrected chi connectivity index (χ4v) is 15.6. The Labute approximate surface area is 673 Å². The van der Waals surface area contributed by atoms with Crippen LogP contribution < -0.4 is 26.6 Å². The predicted octanol–water partition coefficient (Wildman–Crippen LogP) is -20.1. The number of ether oxygens (including phenoxy) is 17. The van der Waals surface area contributed by atoms with E-state index in [1.165, 1.54) is 0 Å². The maximum Gasteiger partial charge on any atom is 0.397 e. The van der Waals surface area contributed by atoms with E-state index >= 15 is 0 Å². The van der Waals surface area contributed by atoms with Crippen LogP contribution in [-0.4, -0.2) is 495 Å². The van der Waals surface area contributed by atoms with Crippen molar-refractivity contribution in [3.8, 4) is 0 Å². The summed E-state index contributed by atoms with van der Waals surface area (Å²) in [4.78, 5) is 63.7. The van der Waals surface area contributed by atoms with Gasteiger partial charge in [-0.2, -0.15) is 8.42 Å². The van der Waals surface area contributed by atoms with Crippen LogP contribution in [0.15, 0.2) is 0 Å². The maximum absolute atomic E-state index is 13.1. The number of hydrogen-bond acceptors (Lipinski definition) is 48. The minimum absolute atomic E-state index is 0.802. The van der Waals surface area contributed by atoms with Crippen molar-refractivity contribution in [2.45, 2.75) is 311 Å². The molecule has 9 heterocycles. The molecule has 55 heteroatoms. The van der Waals surface area contributed by atoms with Gasteiger partial charge in [-0.05, 0) is 0 Å². The van der Waals surface area contributed by atoms with E-state index in [0.29, 0.717) is 0 Å². The van der Waals surface area contributed by atoms with E-state index < -0.39 is 375 Å². The van der Waals surface area contributed by atoms with Crippen molar-refractivity contribution >= 4 is 39.9 Å². The first kappa shape index (κ1) is 98.4. The Balaban J connectivity index is 1.06. The summed E-state index contributed by atoms with van der Waals surface area (Å²) in [6.45, 7) is -5.71. The molecule has 9 aliphatic rings. The van der Waals surface area contributed by atoms with Crippen molar-refractivity contribution in [2.75, 3.05) is 59.5 Å². The number of aliphatic hydroxyl groups is 23. The van der Waals surface area contributed by atoms with Gasteiger partial charge in [-0.1, -0.05) is 0 Å². The van der Waals surface area contributed by atoms with E-state index in [1.54, 1.807) is 0 Å². The van der Waals surface area contributed by atoms with Gasteiger partial charge in [-0.15, -0.1) is 0 Å². The lowest BCUT2D eigenvalue weighted by atomic mass is 9.93. The first-order valence-corrected chi connectivity index (χ1v) is 38.6. The highest BCUT2D eigenvalue weighted by molar-refractivity contribution is 7.80. The Hall–Kier alpha value is -4.38. The molecule has 9 aliphatic heterocycles. The average Bonchev–Trinajstić information content (AvgIpc) is 0.769. The smallest absolute Gasteiger partial charge is 0.394 e. The quantitative estimate of drug-likeness (QED) is 0.0278. The summed E-state index contributed by atoms with van der Waals surface area (Å²) in [6.07, 6.45) is -85.5. The minimum Gasteiger partial charge on any atom is -0.394 e. The molecule has 5 amide bonds. The second kappa shape index (κ2) is 42.7. The summed E-state index contributed by atoms with van der Waals surface area (Å²) < 4.78 is 139. The molecule has 0 aromatic carbocycles. The topological polar surface area (TPSA) is 831 Å². The van der Waals surface area contributed by atoms with E-state index in [-0.39, 0.29) is 0 Å². The van der Waals surface area contributed by atoms with Gasteiger partial charge in [0.15, 0.2) is 56.6 Å². The van der Waals surface area contributed by atoms with Gasteiger partial charge in [0.2, 0.25) is 29.5 Å². The Kier molecular flexibility index (Phi) is 35.3. The van der Waals surface area contributed by atoms with Gasteiger partial charge < -0.3 is 225 Å². The van der Waals surface area contributed by atoms with Gasteiger partial charge in [0.05, 0.1) is 59.5 Å². The normalized spacial score (nSPS) is 46.8. The molecule has 0 bridgehead atoms. The molecule has 688 valence electrons. The molecular formula is C64H107N5O49S. The first-order valence-electron chi connectivity index (χ1n) is 37.3. The Morgan fingerprint density at radius 2 is 0.521 bits per heavy atom. The fourth-order valence-electron chi connectivity index (χ4n) is 15.1. The Bertz CT molecular complexity index is 3380. The van der Waals surface area contributed by atoms with Gasteiger partial charge in [-0.3, -0.25) is 28.5 Å². The lowest BCUT2D eigenvalue weighted by Gasteiger charge is -2.51. The van der Waals surface area contributed by atoms with Crippen LogP contribution in [0.4, 0.5) is 0 Å². The SMILES string of the molecule is CC(=O)N[C@H]1[C@H](O[C@H]2[C@H](O)[C@@H](NC(C)=O)[C@H](O[C@@H]3[C@@H](O[C@@H]4[C@H](O)[C@H](O[C@H]5[C@H](O)[C@@H](NC(C)=O)[C@H](O[C@H]6[C@H](O)[C@@H](NC(C)=O)C(O)O[C@@H]6CO)O[C@@H]5CO)O[C@H](CO[C@H]5O[C@H](CO)[C@@H](O)[C@H](O)[C@@H]5O[C@@H]5O[C@H](CO)[C@@H](O[C@@H]6O[C@H](CO)[C@H](O)[C@H](O)[C@H]6O)[C@H](O)[C@H]5NC(C)=O)[C@H]4O)O[C@H](CO)[C@@H](O)[C@@H]3O)O[C@@H]2CO)O[C@H](CO)[C@H](OS(=O)(=O)O)[C@@H]1O. The van der Waals surface area contributed by atoms with Crippen molar-refractivity contribution in [3.05, 3.63) is 0 Å². The standard InChI is InChI=1S/C64H107N5O49S/c1-15(78)65-29-38(87)48(23(9-73)102-56(29)97)111-57-30(66-16(2)79)40(89)51(26(12-76)106-57)114-62-47(96)53(37(86)28(110-62)14-101-63-54(44(93)35(84)21(7-71)104-63)116-59-32(68-18(4)81)41(90)50(25(11-75)108-59)113-61-46(95)43(92)34(83)20(6-70)103-61)115-64-55(45(94)36(85)22(8-72)105-64)117-60-31(67-17(3)80)39(88)49(24(10-74)107-60)112-58-33(69-19(5)82)42(91)52(27(13-77)109-58)118-119(98,99)100/h20-64,70-77,83-97H,6-14H2,1-5H3,(H,65,78)(H,66,79)(H,67,80)(H,68,81)(H,69,82)(H,98,99,100)/t20-,21-,22-,23-,24-,25-,26-,27-,28-,29-,30-,31-,32-,33-,34+,35-,36-,37-,38-,39-,40-,41-,42-,43+,44+,45+,46-,47+,48-,49-,50-,51-,52+,53+,54+,55+,56?,57+,58+,59+,60+,61+,62+,63+,64-/m1/s1. The number of carbonyl (C=O) groups is 5. The molecule has 9 saturated heterocycles. The van der Waals surface area contributed by atoms with E-state index in [1.807, 2.05) is 0 Å². The number of carbonyl (C=O) groups excluding carboxylic acids is 5.